The van der Waals surface area contributed by atoms with E-state index in [0.717, 1.165) is 0 Å². The SMILES string of the molecule is CC(C)c1oc(=O)oc1C(OC(=O)O)c1ccc([N+](=O)[O-])cc1. The van der Waals surface area contributed by atoms with Gasteiger partial charge in [0.1, 0.15) is 0 Å². The molecule has 0 fully saturated rings. The third-order valence-corrected chi connectivity index (χ3v) is 3.02. The fraction of sp³-hybridized carbons (Fsp3) is 0.286. The zero-order chi connectivity index (χ0) is 17.1. The van der Waals surface area contributed by atoms with E-state index in [0.29, 0.717) is 0 Å². The van der Waals surface area contributed by atoms with E-state index in [1.165, 1.54) is 24.3 Å². The van der Waals surface area contributed by atoms with Gasteiger partial charge in [-0.2, -0.15) is 0 Å². The molecule has 1 atom stereocenters. The molecule has 0 aliphatic carbocycles. The van der Waals surface area contributed by atoms with Crippen molar-refractivity contribution in [2.75, 3.05) is 0 Å². The Hall–Kier alpha value is -3.10. The van der Waals surface area contributed by atoms with Gasteiger partial charge in [-0.1, -0.05) is 13.8 Å². The number of ether oxygens (including phenoxy) is 1. The molecule has 0 bridgehead atoms. The Morgan fingerprint density at radius 2 is 1.78 bits per heavy atom. The summed E-state index contributed by atoms with van der Waals surface area (Å²) >= 11 is 0. The van der Waals surface area contributed by atoms with Gasteiger partial charge in [-0.3, -0.25) is 10.1 Å². The third-order valence-electron chi connectivity index (χ3n) is 3.02. The van der Waals surface area contributed by atoms with Gasteiger partial charge < -0.3 is 18.7 Å². The number of benzene rings is 1. The fourth-order valence-electron chi connectivity index (χ4n) is 2.03. The number of carboxylic acid groups (broad SMARTS) is 1. The first-order valence-corrected chi connectivity index (χ1v) is 6.57. The van der Waals surface area contributed by atoms with Crippen LogP contribution in [0.25, 0.3) is 0 Å². The second-order valence-electron chi connectivity index (χ2n) is 4.95. The van der Waals surface area contributed by atoms with Crippen LogP contribution in [0.1, 0.15) is 43.0 Å². The molecule has 2 rings (SSSR count). The van der Waals surface area contributed by atoms with Crippen molar-refractivity contribution >= 4 is 11.8 Å². The van der Waals surface area contributed by atoms with E-state index in [4.69, 9.17) is 18.7 Å². The van der Waals surface area contributed by atoms with Gasteiger partial charge in [0.2, 0.25) is 0 Å². The maximum atomic E-state index is 11.4. The Kier molecular flexibility index (Phi) is 4.49. The van der Waals surface area contributed by atoms with Crippen LogP contribution in [0, 0.1) is 10.1 Å². The summed E-state index contributed by atoms with van der Waals surface area (Å²) in [7, 11) is 0. The minimum Gasteiger partial charge on any atom is -0.450 e. The van der Waals surface area contributed by atoms with Crippen LogP contribution in [-0.2, 0) is 4.74 Å². The lowest BCUT2D eigenvalue weighted by molar-refractivity contribution is -0.384. The van der Waals surface area contributed by atoms with Gasteiger partial charge in [0.05, 0.1) is 4.92 Å². The Morgan fingerprint density at radius 1 is 1.22 bits per heavy atom. The van der Waals surface area contributed by atoms with E-state index in [2.05, 4.69) is 0 Å². The summed E-state index contributed by atoms with van der Waals surface area (Å²) in [6.45, 7) is 3.45. The van der Waals surface area contributed by atoms with Crippen molar-refractivity contribution < 1.29 is 28.4 Å². The lowest BCUT2D eigenvalue weighted by atomic mass is 10.0. The number of nitro groups is 1. The Morgan fingerprint density at radius 3 is 2.26 bits per heavy atom. The molecule has 1 aromatic heterocycles. The number of non-ortho nitro benzene ring substituents is 1. The highest BCUT2D eigenvalue weighted by molar-refractivity contribution is 5.58. The molecule has 1 aromatic carbocycles. The normalized spacial score (nSPS) is 12.1. The first-order chi connectivity index (χ1) is 10.8. The summed E-state index contributed by atoms with van der Waals surface area (Å²) in [4.78, 5) is 32.4. The van der Waals surface area contributed by atoms with Gasteiger partial charge in [0.15, 0.2) is 17.6 Å². The van der Waals surface area contributed by atoms with Crippen LogP contribution in [0.2, 0.25) is 0 Å². The van der Waals surface area contributed by atoms with E-state index in [9.17, 15) is 19.7 Å². The summed E-state index contributed by atoms with van der Waals surface area (Å²) in [5.74, 6) is -1.17. The molecule has 9 nitrogen and oxygen atoms in total. The average molecular weight is 323 g/mol. The van der Waals surface area contributed by atoms with E-state index in [1.807, 2.05) is 0 Å². The summed E-state index contributed by atoms with van der Waals surface area (Å²) in [5.41, 5.74) is 0.102. The number of nitro benzene ring substituents is 1. The lowest BCUT2D eigenvalue weighted by Crippen LogP contribution is -2.12. The predicted molar refractivity (Wildman–Crippen MR) is 75.4 cm³/mol. The molecular formula is C14H13NO8. The summed E-state index contributed by atoms with van der Waals surface area (Å²) < 4.78 is 14.6. The molecule has 1 N–H and O–H groups in total. The van der Waals surface area contributed by atoms with Crippen molar-refractivity contribution in [2.24, 2.45) is 0 Å². The number of hydrogen-bond acceptors (Lipinski definition) is 7. The molecule has 0 amide bonds. The van der Waals surface area contributed by atoms with Crippen LogP contribution in [0.15, 0.2) is 37.9 Å². The van der Waals surface area contributed by atoms with Crippen LogP contribution >= 0.6 is 0 Å². The Labute approximate surface area is 129 Å². The molecule has 0 aliphatic rings. The highest BCUT2D eigenvalue weighted by atomic mass is 16.7. The highest BCUT2D eigenvalue weighted by Crippen LogP contribution is 2.32. The van der Waals surface area contributed by atoms with Crippen LogP contribution in [-0.4, -0.2) is 16.2 Å². The summed E-state index contributed by atoms with van der Waals surface area (Å²) in [6.07, 6.45) is -2.86. The van der Waals surface area contributed by atoms with Gasteiger partial charge in [-0.05, 0) is 12.1 Å². The second kappa shape index (κ2) is 6.34. The standard InChI is InChI=1S/C14H13NO8/c1-7(2)10-12(23-14(18)22-10)11(21-13(16)17)8-3-5-9(6-4-8)15(19)20/h3-7,11H,1-2H3,(H,16,17). The molecule has 0 saturated carbocycles. The van der Waals surface area contributed by atoms with Crippen LogP contribution < -0.4 is 5.82 Å². The zero-order valence-electron chi connectivity index (χ0n) is 12.2. The molecule has 122 valence electrons. The number of nitrogens with zero attached hydrogens (tertiary/aromatic N) is 1. The van der Waals surface area contributed by atoms with Crippen molar-refractivity contribution in [3.05, 3.63) is 62.1 Å². The van der Waals surface area contributed by atoms with Gasteiger partial charge >= 0.3 is 12.0 Å². The minimum atomic E-state index is -1.59. The lowest BCUT2D eigenvalue weighted by Gasteiger charge is -2.15. The van der Waals surface area contributed by atoms with Crippen molar-refractivity contribution in [1.82, 2.24) is 0 Å². The molecule has 23 heavy (non-hydrogen) atoms. The van der Waals surface area contributed by atoms with Gasteiger partial charge in [-0.15, -0.1) is 0 Å². The maximum absolute atomic E-state index is 11.4. The van der Waals surface area contributed by atoms with Crippen molar-refractivity contribution in [2.45, 2.75) is 25.9 Å². The monoisotopic (exact) mass is 323 g/mol. The average Bonchev–Trinajstić information content (AvgIpc) is 2.86. The van der Waals surface area contributed by atoms with Crippen molar-refractivity contribution in [3.8, 4) is 0 Å². The zero-order valence-corrected chi connectivity index (χ0v) is 12.2. The molecule has 0 aliphatic heterocycles. The fourth-order valence-corrected chi connectivity index (χ4v) is 2.03. The first kappa shape index (κ1) is 16.3. The van der Waals surface area contributed by atoms with E-state index in [1.54, 1.807) is 13.8 Å². The quantitative estimate of drug-likeness (QED) is 0.504. The first-order valence-electron chi connectivity index (χ1n) is 6.57. The number of hydrogen-bond donors (Lipinski definition) is 1. The number of carbonyl (C=O) groups is 1. The van der Waals surface area contributed by atoms with Crippen molar-refractivity contribution in [3.63, 3.8) is 0 Å². The van der Waals surface area contributed by atoms with Gasteiger partial charge in [0.25, 0.3) is 5.69 Å². The predicted octanol–water partition coefficient (Wildman–Crippen LogP) is 3.05. The molecule has 0 spiro atoms. The molecule has 0 radical (unpaired) electrons. The van der Waals surface area contributed by atoms with Crippen LogP contribution in [0.3, 0.4) is 0 Å². The van der Waals surface area contributed by atoms with E-state index in [-0.39, 0.29) is 28.7 Å². The van der Waals surface area contributed by atoms with Gasteiger partial charge in [0, 0.05) is 23.6 Å². The molecule has 1 heterocycles. The largest absolute Gasteiger partial charge is 0.519 e. The minimum absolute atomic E-state index is 0.0822. The smallest absolute Gasteiger partial charge is 0.450 e. The Bertz CT molecular complexity index is 771. The molecule has 9 heteroatoms. The molecule has 0 saturated heterocycles. The Balaban J connectivity index is 2.51. The van der Waals surface area contributed by atoms with Gasteiger partial charge in [-0.25, -0.2) is 9.59 Å². The van der Waals surface area contributed by atoms with E-state index < -0.39 is 23.0 Å². The topological polar surface area (TPSA) is 133 Å². The summed E-state index contributed by atoms with van der Waals surface area (Å²) in [5, 5.41) is 19.6. The maximum Gasteiger partial charge on any atom is 0.519 e. The van der Waals surface area contributed by atoms with Crippen LogP contribution in [0.4, 0.5) is 10.5 Å². The number of rotatable bonds is 5. The highest BCUT2D eigenvalue weighted by Gasteiger charge is 2.30. The second-order valence-corrected chi connectivity index (χ2v) is 4.95. The van der Waals surface area contributed by atoms with Crippen molar-refractivity contribution in [1.29, 1.82) is 0 Å². The molecule has 2 aromatic rings. The summed E-state index contributed by atoms with van der Waals surface area (Å²) in [6, 6.07) is 5.03. The molecule has 1 unspecified atom stereocenters. The third kappa shape index (κ3) is 3.57. The molecular weight excluding hydrogens is 310 g/mol. The van der Waals surface area contributed by atoms with Crippen LogP contribution in [0.5, 0.6) is 0 Å². The van der Waals surface area contributed by atoms with E-state index >= 15 is 0 Å².